The van der Waals surface area contributed by atoms with Crippen LogP contribution in [0.15, 0.2) is 60.7 Å². The van der Waals surface area contributed by atoms with Gasteiger partial charge in [-0.2, -0.15) is 5.10 Å². The Morgan fingerprint density at radius 2 is 1.67 bits per heavy atom. The van der Waals surface area contributed by atoms with Crippen LogP contribution in [0.3, 0.4) is 0 Å². The number of nitrogens with one attached hydrogen (secondary N) is 1. The number of aromatic nitrogens is 3. The van der Waals surface area contributed by atoms with Crippen molar-refractivity contribution in [1.82, 2.24) is 15.2 Å². The Hall–Kier alpha value is -2.90. The fourth-order valence-corrected chi connectivity index (χ4v) is 9.13. The highest BCUT2D eigenvalue weighted by atomic mass is 31.1. The summed E-state index contributed by atoms with van der Waals surface area (Å²) in [6.07, 6.45) is 2.48. The van der Waals surface area contributed by atoms with Crippen LogP contribution in [0, 0.1) is 5.41 Å². The molecule has 3 nitrogen and oxygen atoms in total. The van der Waals surface area contributed by atoms with E-state index in [1.54, 1.807) is 0 Å². The molecule has 1 N–H and O–H groups in total. The smallest absolute Gasteiger partial charge is 0.114 e. The number of nitrogens with zero attached hydrogens (tertiary/aromatic N) is 2. The monoisotopic (exact) mass is 449 g/mol. The number of fused-ring (bicyclic) bond motifs is 8. The third-order valence-electron chi connectivity index (χ3n) is 9.13. The lowest BCUT2D eigenvalue weighted by molar-refractivity contribution is 0.225. The van der Waals surface area contributed by atoms with Crippen molar-refractivity contribution in [2.75, 3.05) is 0 Å². The predicted octanol–water partition coefficient (Wildman–Crippen LogP) is 8.14. The maximum Gasteiger partial charge on any atom is 0.114 e. The summed E-state index contributed by atoms with van der Waals surface area (Å²) in [6.45, 7) is 9.66. The van der Waals surface area contributed by atoms with Gasteiger partial charge in [-0.05, 0) is 53.7 Å². The Morgan fingerprint density at radius 1 is 0.909 bits per heavy atom. The van der Waals surface area contributed by atoms with Crippen LogP contribution in [0.25, 0.3) is 43.7 Å². The Morgan fingerprint density at radius 3 is 2.55 bits per heavy atom. The summed E-state index contributed by atoms with van der Waals surface area (Å²) >= 11 is 0. The van der Waals surface area contributed by atoms with E-state index >= 15 is 0 Å². The summed E-state index contributed by atoms with van der Waals surface area (Å²) in [4.78, 5) is 5.22. The van der Waals surface area contributed by atoms with Crippen molar-refractivity contribution in [2.24, 2.45) is 12.1 Å². The van der Waals surface area contributed by atoms with Crippen molar-refractivity contribution < 1.29 is 0 Å². The number of aromatic amines is 1. The minimum atomic E-state index is -0.386. The molecule has 0 radical (unpaired) electrons. The minimum absolute atomic E-state index is 0.180. The molecule has 2 aromatic carbocycles. The van der Waals surface area contributed by atoms with Crippen molar-refractivity contribution in [3.05, 3.63) is 71.9 Å². The second-order valence-corrected chi connectivity index (χ2v) is 12.7. The first-order valence-electron chi connectivity index (χ1n) is 11.9. The van der Waals surface area contributed by atoms with Gasteiger partial charge in [-0.25, -0.2) is 4.98 Å². The lowest BCUT2D eigenvalue weighted by atomic mass is 9.70. The van der Waals surface area contributed by atoms with Gasteiger partial charge >= 0.3 is 0 Å². The number of hydrogen-bond donors (Lipinski definition) is 1. The molecule has 33 heavy (non-hydrogen) atoms. The zero-order chi connectivity index (χ0) is 22.5. The summed E-state index contributed by atoms with van der Waals surface area (Å²) in [7, 11) is -0.386. The molecular formula is C29H28N3P. The molecule has 5 aromatic rings. The van der Waals surface area contributed by atoms with Gasteiger partial charge in [-0.3, -0.25) is 5.10 Å². The molecule has 1 fully saturated rings. The van der Waals surface area contributed by atoms with E-state index in [9.17, 15) is 0 Å². The molecule has 4 heteroatoms. The topological polar surface area (TPSA) is 41.6 Å². The first kappa shape index (κ1) is 19.6. The van der Waals surface area contributed by atoms with Gasteiger partial charge in [0.05, 0.1) is 11.4 Å². The van der Waals surface area contributed by atoms with Gasteiger partial charge in [0.2, 0.25) is 0 Å². The first-order valence-corrected chi connectivity index (χ1v) is 13.7. The largest absolute Gasteiger partial charge is 0.281 e. The van der Waals surface area contributed by atoms with Gasteiger partial charge in [-0.1, -0.05) is 69.3 Å². The molecule has 2 aliphatic rings. The molecular weight excluding hydrogens is 421 g/mol. The SMILES string of the molecule is Cp1c2ccccc2c2cccc(-c3cccc(-c4n[nH]c5c4C4CCC5(C)C4(C)C)n3)c21. The van der Waals surface area contributed by atoms with Gasteiger partial charge in [0.1, 0.15) is 5.69 Å². The second kappa shape index (κ2) is 6.36. The lowest BCUT2D eigenvalue weighted by Crippen LogP contribution is -2.32. The lowest BCUT2D eigenvalue weighted by Gasteiger charge is -2.34. The van der Waals surface area contributed by atoms with E-state index in [0.29, 0.717) is 5.92 Å². The predicted molar refractivity (Wildman–Crippen MR) is 139 cm³/mol. The van der Waals surface area contributed by atoms with E-state index in [4.69, 9.17) is 10.1 Å². The van der Waals surface area contributed by atoms with Crippen molar-refractivity contribution in [3.8, 4) is 22.6 Å². The fraction of sp³-hybridized carbons (Fsp3) is 0.310. The molecule has 0 spiro atoms. The second-order valence-electron chi connectivity index (χ2n) is 10.7. The Balaban J connectivity index is 1.42. The number of pyridine rings is 1. The molecule has 7 rings (SSSR count). The number of H-pyrrole nitrogens is 1. The van der Waals surface area contributed by atoms with E-state index < -0.39 is 0 Å². The van der Waals surface area contributed by atoms with E-state index in [1.165, 1.54) is 50.7 Å². The molecule has 3 heterocycles. The average molecular weight is 450 g/mol. The van der Waals surface area contributed by atoms with Crippen LogP contribution < -0.4 is 0 Å². The fourth-order valence-electron chi connectivity index (χ4n) is 6.92. The number of benzene rings is 2. The van der Waals surface area contributed by atoms with Crippen molar-refractivity contribution >= 4 is 28.5 Å². The maximum absolute atomic E-state index is 5.22. The number of rotatable bonds is 2. The third kappa shape index (κ3) is 2.31. The van der Waals surface area contributed by atoms with Crippen LogP contribution in [0.2, 0.25) is 0 Å². The van der Waals surface area contributed by atoms with E-state index in [-0.39, 0.29) is 18.4 Å². The van der Waals surface area contributed by atoms with Crippen LogP contribution >= 0.6 is 7.53 Å². The third-order valence-corrected chi connectivity index (χ3v) is 11.4. The first-order chi connectivity index (χ1) is 15.9. The summed E-state index contributed by atoms with van der Waals surface area (Å²) in [5.41, 5.74) is 7.57. The molecule has 0 saturated heterocycles. The molecule has 3 atom stereocenters. The summed E-state index contributed by atoms with van der Waals surface area (Å²) in [5, 5.41) is 14.0. The van der Waals surface area contributed by atoms with Crippen LogP contribution in [-0.2, 0) is 12.1 Å². The van der Waals surface area contributed by atoms with Crippen molar-refractivity contribution in [1.29, 1.82) is 0 Å². The summed E-state index contributed by atoms with van der Waals surface area (Å²) in [5.74, 6) is 0.552. The van der Waals surface area contributed by atoms with Gasteiger partial charge in [0.25, 0.3) is 0 Å². The molecule has 1 saturated carbocycles. The number of hydrogen-bond acceptors (Lipinski definition) is 2. The standard InChI is InChI=1S/C29H28N3P/c1-28(2)20-15-16-29(28,3)27-24(20)25(31-32-27)22-13-8-12-21(30-22)19-11-7-10-18-17-9-5-6-14-23(17)33(4)26(18)19/h5-14,20H,15-16H2,1-4H3,(H,31,32). The molecule has 0 aliphatic heterocycles. The van der Waals surface area contributed by atoms with Crippen LogP contribution in [0.1, 0.15) is 50.8 Å². The van der Waals surface area contributed by atoms with Gasteiger partial charge in [0.15, 0.2) is 0 Å². The average Bonchev–Trinajstić information content (AvgIpc) is 3.50. The minimum Gasteiger partial charge on any atom is -0.281 e. The highest BCUT2D eigenvalue weighted by Crippen LogP contribution is 2.68. The van der Waals surface area contributed by atoms with Gasteiger partial charge in [-0.15, -0.1) is 7.53 Å². The van der Waals surface area contributed by atoms with E-state index in [1.807, 2.05) is 0 Å². The van der Waals surface area contributed by atoms with Crippen LogP contribution in [0.5, 0.6) is 0 Å². The highest BCUT2D eigenvalue weighted by molar-refractivity contribution is 7.60. The Kier molecular flexibility index (Phi) is 3.77. The van der Waals surface area contributed by atoms with Gasteiger partial charge < -0.3 is 0 Å². The molecule has 2 bridgehead atoms. The highest BCUT2D eigenvalue weighted by Gasteiger charge is 2.61. The van der Waals surface area contributed by atoms with Crippen molar-refractivity contribution in [2.45, 2.75) is 44.9 Å². The number of aryl methyl sites for hydroxylation is 1. The Labute approximate surface area is 195 Å². The zero-order valence-electron chi connectivity index (χ0n) is 19.6. The van der Waals surface area contributed by atoms with E-state index in [2.05, 4.69) is 93.2 Å². The summed E-state index contributed by atoms with van der Waals surface area (Å²) < 4.78 is 0. The maximum atomic E-state index is 5.22. The normalized spacial score (nSPS) is 23.5. The quantitative estimate of drug-likeness (QED) is 0.295. The molecule has 3 unspecified atom stereocenters. The molecule has 2 aliphatic carbocycles. The molecule has 164 valence electrons. The molecule has 0 amide bonds. The van der Waals surface area contributed by atoms with E-state index in [0.717, 1.165) is 17.1 Å². The zero-order valence-corrected chi connectivity index (χ0v) is 20.5. The summed E-state index contributed by atoms with van der Waals surface area (Å²) in [6, 6.07) is 22.0. The molecule has 3 aromatic heterocycles. The van der Waals surface area contributed by atoms with Crippen molar-refractivity contribution in [3.63, 3.8) is 0 Å². The van der Waals surface area contributed by atoms with Gasteiger partial charge in [0, 0.05) is 32.5 Å². The van der Waals surface area contributed by atoms with Crippen LogP contribution in [0.4, 0.5) is 0 Å². The Bertz CT molecular complexity index is 1590. The van der Waals surface area contributed by atoms with Crippen LogP contribution in [-0.4, -0.2) is 15.2 Å².